The molecule has 0 saturated heterocycles. The van der Waals surface area contributed by atoms with Crippen molar-refractivity contribution < 1.29 is 43.1 Å². The second kappa shape index (κ2) is 12.7. The van der Waals surface area contributed by atoms with E-state index in [1.807, 2.05) is 0 Å². The fourth-order valence-electron chi connectivity index (χ4n) is 0. The largest absolute Gasteiger partial charge is 3.00 e. The Hall–Kier alpha value is 0.982. The van der Waals surface area contributed by atoms with E-state index in [9.17, 15) is 43.1 Å². The Balaban J connectivity index is -0.0000000865. The van der Waals surface area contributed by atoms with Gasteiger partial charge in [-0.3, -0.25) is 0 Å². The van der Waals surface area contributed by atoms with E-state index in [-0.39, 0.29) is 35.8 Å². The van der Waals surface area contributed by atoms with Crippen LogP contribution in [0.2, 0.25) is 0 Å². The predicted octanol–water partition coefficient (Wildman–Crippen LogP) is -3.62. The van der Waals surface area contributed by atoms with Gasteiger partial charge >= 0.3 is 17.4 Å². The minimum absolute atomic E-state index is 0. The van der Waals surface area contributed by atoms with Crippen LogP contribution in [0.5, 0.6) is 0 Å². The first kappa shape index (κ1) is 28.2. The maximum Gasteiger partial charge on any atom is 3.00 e. The second-order valence-corrected chi connectivity index (χ2v) is 8.34. The zero-order chi connectivity index (χ0) is 15.6. The molecule has 0 heterocycles. The van der Waals surface area contributed by atoms with Gasteiger partial charge in [0.15, 0.2) is 0 Å². The quantitative estimate of drug-likeness (QED) is 0.365. The van der Waals surface area contributed by atoms with Gasteiger partial charge in [0.05, 0.1) is 0 Å². The van der Waals surface area contributed by atoms with E-state index >= 15 is 0 Å². The van der Waals surface area contributed by atoms with Crippen molar-refractivity contribution in [3.63, 3.8) is 0 Å². The van der Waals surface area contributed by atoms with Crippen molar-refractivity contribution in [3.8, 4) is 0 Å². The second-order valence-electron chi connectivity index (χ2n) is 2.78. The van der Waals surface area contributed by atoms with Crippen LogP contribution < -0.4 is 29.4 Å². The van der Waals surface area contributed by atoms with Crippen molar-refractivity contribution in [2.45, 2.75) is 20.8 Å². The summed E-state index contributed by atoms with van der Waals surface area (Å²) in [6, 6.07) is 0. The molecule has 0 atom stereocenters. The average molecular weight is 351 g/mol. The van der Waals surface area contributed by atoms with Crippen LogP contribution in [0.15, 0.2) is 0 Å². The molecule has 0 fully saturated rings. The SMILES string of the molecule is CCP(=O)([O-])[O-].CCP(=O)([O-])[O-].CCP(=O)([O-])[O-].[Al+3]. The summed E-state index contributed by atoms with van der Waals surface area (Å²) in [5.41, 5.74) is 0. The Bertz CT molecular complexity index is 277. The van der Waals surface area contributed by atoms with Gasteiger partial charge in [0.1, 0.15) is 0 Å². The number of rotatable bonds is 3. The van der Waals surface area contributed by atoms with E-state index in [0.29, 0.717) is 0 Å². The summed E-state index contributed by atoms with van der Waals surface area (Å²) < 4.78 is 28.4. The Labute approximate surface area is 123 Å². The van der Waals surface area contributed by atoms with Crippen molar-refractivity contribution in [1.82, 2.24) is 0 Å². The third-order valence-corrected chi connectivity index (χ3v) is 3.49. The molecule has 9 nitrogen and oxygen atoms in total. The van der Waals surface area contributed by atoms with Crippen molar-refractivity contribution in [2.24, 2.45) is 0 Å². The molecule has 0 N–H and O–H groups in total. The van der Waals surface area contributed by atoms with Gasteiger partial charge in [0, 0.05) is 0 Å². The molecular weight excluding hydrogens is 336 g/mol. The van der Waals surface area contributed by atoms with Gasteiger partial charge in [-0.05, 0) is 18.5 Å². The fourth-order valence-corrected chi connectivity index (χ4v) is 0. The maximum atomic E-state index is 9.47. The zero-order valence-corrected chi connectivity index (χ0v) is 14.6. The summed E-state index contributed by atoms with van der Waals surface area (Å²) in [6.45, 7) is 3.96. The first-order chi connectivity index (χ1) is 7.68. The van der Waals surface area contributed by atoms with Crippen molar-refractivity contribution in [3.05, 3.63) is 0 Å². The smallest absolute Gasteiger partial charge is 0.811 e. The molecular formula is C6H15AlO9P3-3. The number of hydrogen-bond donors (Lipinski definition) is 0. The van der Waals surface area contributed by atoms with Crippen LogP contribution in [0.3, 0.4) is 0 Å². The summed E-state index contributed by atoms with van der Waals surface area (Å²) >= 11 is 0. The molecule has 0 aliphatic carbocycles. The molecule has 0 unspecified atom stereocenters. The van der Waals surface area contributed by atoms with Crippen molar-refractivity contribution >= 4 is 40.1 Å². The molecule has 19 heavy (non-hydrogen) atoms. The maximum absolute atomic E-state index is 9.47. The van der Waals surface area contributed by atoms with Gasteiger partial charge in [-0.1, -0.05) is 43.6 Å². The third-order valence-electron chi connectivity index (χ3n) is 1.16. The van der Waals surface area contributed by atoms with Crippen LogP contribution in [-0.2, 0) is 13.7 Å². The van der Waals surface area contributed by atoms with Crippen LogP contribution >= 0.6 is 22.8 Å². The summed E-state index contributed by atoms with van der Waals surface area (Å²) in [4.78, 5) is 56.8. The van der Waals surface area contributed by atoms with Gasteiger partial charge in [-0.15, -0.1) is 0 Å². The van der Waals surface area contributed by atoms with E-state index in [1.54, 1.807) is 0 Å². The minimum Gasteiger partial charge on any atom is -0.811 e. The van der Waals surface area contributed by atoms with Crippen LogP contribution in [0.25, 0.3) is 0 Å². The fraction of sp³-hybridized carbons (Fsp3) is 1.00. The predicted molar refractivity (Wildman–Crippen MR) is 60.2 cm³/mol. The Morgan fingerprint density at radius 1 is 0.579 bits per heavy atom. The molecule has 0 rings (SSSR count). The summed E-state index contributed by atoms with van der Waals surface area (Å²) in [6.07, 6.45) is -0.854. The minimum atomic E-state index is -4.15. The normalized spacial score (nSPS) is 11.2. The average Bonchev–Trinajstić information content (AvgIpc) is 2.16. The Morgan fingerprint density at radius 3 is 0.632 bits per heavy atom. The first-order valence-corrected chi connectivity index (χ1v) is 9.90. The monoisotopic (exact) mass is 351 g/mol. The molecule has 0 radical (unpaired) electrons. The Morgan fingerprint density at radius 2 is 0.632 bits per heavy atom. The van der Waals surface area contributed by atoms with Gasteiger partial charge in [-0.25, -0.2) is 0 Å². The summed E-state index contributed by atoms with van der Waals surface area (Å²) in [5.74, 6) is 0. The third kappa shape index (κ3) is 54.9. The van der Waals surface area contributed by atoms with Gasteiger partial charge in [-0.2, -0.15) is 0 Å². The standard InChI is InChI=1S/3C2H7O3P.Al/c3*1-2-6(3,4)5;/h3*2H2,1H3,(H2,3,4,5);/q;;;+3/p-6. The molecule has 0 saturated carbocycles. The van der Waals surface area contributed by atoms with Gasteiger partial charge < -0.3 is 43.1 Å². The first-order valence-electron chi connectivity index (χ1n) is 4.71. The van der Waals surface area contributed by atoms with E-state index in [0.717, 1.165) is 0 Å². The summed E-state index contributed by atoms with van der Waals surface area (Å²) in [7, 11) is -12.4. The van der Waals surface area contributed by atoms with Crippen LogP contribution in [0, 0.1) is 0 Å². The molecule has 0 aliphatic heterocycles. The molecule has 0 aromatic carbocycles. The van der Waals surface area contributed by atoms with Crippen molar-refractivity contribution in [1.29, 1.82) is 0 Å². The summed E-state index contributed by atoms with van der Waals surface area (Å²) in [5, 5.41) is 0. The van der Waals surface area contributed by atoms with E-state index in [1.165, 1.54) is 20.8 Å². The molecule has 0 bridgehead atoms. The molecule has 0 amide bonds. The van der Waals surface area contributed by atoms with E-state index in [2.05, 4.69) is 0 Å². The number of hydrogen-bond acceptors (Lipinski definition) is 9. The van der Waals surface area contributed by atoms with Crippen LogP contribution in [-0.4, -0.2) is 35.8 Å². The Kier molecular flexibility index (Phi) is 18.8. The topological polar surface area (TPSA) is 190 Å². The van der Waals surface area contributed by atoms with E-state index < -0.39 is 22.8 Å². The van der Waals surface area contributed by atoms with Gasteiger partial charge in [0.25, 0.3) is 0 Å². The zero-order valence-electron chi connectivity index (χ0n) is 10.7. The van der Waals surface area contributed by atoms with Crippen LogP contribution in [0.4, 0.5) is 0 Å². The molecule has 13 heteroatoms. The van der Waals surface area contributed by atoms with E-state index in [4.69, 9.17) is 0 Å². The molecule has 0 aromatic heterocycles. The van der Waals surface area contributed by atoms with Crippen LogP contribution in [0.1, 0.15) is 20.8 Å². The molecule has 0 aromatic rings. The van der Waals surface area contributed by atoms with Gasteiger partial charge in [0.2, 0.25) is 0 Å². The van der Waals surface area contributed by atoms with Crippen molar-refractivity contribution in [2.75, 3.05) is 18.5 Å². The molecule has 114 valence electrons. The molecule has 0 spiro atoms. The molecule has 0 aliphatic rings.